The molecule has 106 valence electrons. The van der Waals surface area contributed by atoms with Crippen molar-refractivity contribution >= 4 is 11.6 Å². The first-order valence-electron chi connectivity index (χ1n) is 7.03. The van der Waals surface area contributed by atoms with Crippen LogP contribution in [-0.4, -0.2) is 18.8 Å². The van der Waals surface area contributed by atoms with Crippen molar-refractivity contribution in [2.24, 2.45) is 0 Å². The van der Waals surface area contributed by atoms with Crippen LogP contribution in [0.1, 0.15) is 49.8 Å². The van der Waals surface area contributed by atoms with E-state index in [9.17, 15) is 0 Å². The number of rotatable bonds is 5. The van der Waals surface area contributed by atoms with Gasteiger partial charge in [-0.3, -0.25) is 0 Å². The maximum atomic E-state index is 6.33. The van der Waals surface area contributed by atoms with Crippen LogP contribution < -0.4 is 4.74 Å². The Labute approximate surface area is 121 Å². The maximum Gasteiger partial charge on any atom is 0.126 e. The predicted molar refractivity (Wildman–Crippen MR) is 79.5 cm³/mol. The van der Waals surface area contributed by atoms with Crippen LogP contribution in [0.15, 0.2) is 6.07 Å². The van der Waals surface area contributed by atoms with Gasteiger partial charge in [-0.25, -0.2) is 0 Å². The molecule has 0 spiro atoms. The Morgan fingerprint density at radius 1 is 1.42 bits per heavy atom. The highest BCUT2D eigenvalue weighted by molar-refractivity contribution is 6.31. The Morgan fingerprint density at radius 3 is 2.58 bits per heavy atom. The smallest absolute Gasteiger partial charge is 0.126 e. The number of epoxide rings is 1. The van der Waals surface area contributed by atoms with Gasteiger partial charge in [-0.2, -0.15) is 0 Å². The summed E-state index contributed by atoms with van der Waals surface area (Å²) in [5.74, 6) is 1.40. The first kappa shape index (κ1) is 14.7. The van der Waals surface area contributed by atoms with Crippen LogP contribution in [-0.2, 0) is 4.74 Å². The molecule has 1 fully saturated rings. The second-order valence-electron chi connectivity index (χ2n) is 5.49. The summed E-state index contributed by atoms with van der Waals surface area (Å²) in [6.07, 6.45) is 1.82. The van der Waals surface area contributed by atoms with E-state index < -0.39 is 0 Å². The monoisotopic (exact) mass is 282 g/mol. The lowest BCUT2D eigenvalue weighted by molar-refractivity contribution is 0.327. The zero-order chi connectivity index (χ0) is 14.2. The van der Waals surface area contributed by atoms with E-state index in [1.165, 1.54) is 5.56 Å². The molecule has 0 radical (unpaired) electrons. The third kappa shape index (κ3) is 3.06. The van der Waals surface area contributed by atoms with E-state index in [0.29, 0.717) is 24.7 Å². The van der Waals surface area contributed by atoms with E-state index in [1.54, 1.807) is 0 Å². The summed E-state index contributed by atoms with van der Waals surface area (Å²) in [5, 5.41) is 0.826. The molecule has 19 heavy (non-hydrogen) atoms. The highest BCUT2D eigenvalue weighted by Gasteiger charge is 2.36. The van der Waals surface area contributed by atoms with Crippen LogP contribution in [0.2, 0.25) is 5.02 Å². The third-order valence-corrected chi connectivity index (χ3v) is 4.30. The zero-order valence-electron chi connectivity index (χ0n) is 12.4. The van der Waals surface area contributed by atoms with Crippen molar-refractivity contribution in [2.75, 3.05) is 6.61 Å². The lowest BCUT2D eigenvalue weighted by atomic mass is 9.89. The minimum atomic E-state index is 0.392. The van der Waals surface area contributed by atoms with Gasteiger partial charge in [0.05, 0.1) is 18.8 Å². The number of halogens is 1. The molecule has 1 heterocycles. The van der Waals surface area contributed by atoms with E-state index in [2.05, 4.69) is 27.7 Å². The lowest BCUT2D eigenvalue weighted by Crippen LogP contribution is -2.07. The van der Waals surface area contributed by atoms with Gasteiger partial charge in [0.15, 0.2) is 0 Å². The van der Waals surface area contributed by atoms with Crippen LogP contribution in [0.4, 0.5) is 0 Å². The van der Waals surface area contributed by atoms with Gasteiger partial charge in [-0.1, -0.05) is 18.5 Å². The van der Waals surface area contributed by atoms with Gasteiger partial charge >= 0.3 is 0 Å². The van der Waals surface area contributed by atoms with Gasteiger partial charge in [-0.05, 0) is 57.2 Å². The number of hydrogen-bond acceptors (Lipinski definition) is 2. The van der Waals surface area contributed by atoms with Crippen molar-refractivity contribution in [3.8, 4) is 5.75 Å². The first-order valence-corrected chi connectivity index (χ1v) is 7.41. The Bertz CT molecular complexity index is 470. The molecule has 3 unspecified atom stereocenters. The molecule has 3 atom stereocenters. The van der Waals surface area contributed by atoms with Crippen LogP contribution >= 0.6 is 11.6 Å². The fourth-order valence-corrected chi connectivity index (χ4v) is 3.01. The molecule has 0 bridgehead atoms. The predicted octanol–water partition coefficient (Wildman–Crippen LogP) is 4.64. The van der Waals surface area contributed by atoms with E-state index >= 15 is 0 Å². The molecule has 3 heteroatoms. The normalized spacial score (nSPS) is 23.3. The van der Waals surface area contributed by atoms with Gasteiger partial charge < -0.3 is 9.47 Å². The summed E-state index contributed by atoms with van der Waals surface area (Å²) in [6, 6.07) is 1.99. The molecular formula is C16H23ClO2. The summed E-state index contributed by atoms with van der Waals surface area (Å²) >= 11 is 6.33. The quantitative estimate of drug-likeness (QED) is 0.734. The Balaban J connectivity index is 2.34. The molecule has 1 aromatic carbocycles. The second kappa shape index (κ2) is 5.72. The van der Waals surface area contributed by atoms with Crippen molar-refractivity contribution in [2.45, 2.75) is 59.2 Å². The zero-order valence-corrected chi connectivity index (χ0v) is 13.2. The van der Waals surface area contributed by atoms with Crippen molar-refractivity contribution in [3.63, 3.8) is 0 Å². The topological polar surface area (TPSA) is 21.8 Å². The molecule has 0 amide bonds. The number of hydrogen-bond donors (Lipinski definition) is 0. The van der Waals surface area contributed by atoms with Gasteiger partial charge in [0.2, 0.25) is 0 Å². The van der Waals surface area contributed by atoms with Gasteiger partial charge in [-0.15, -0.1) is 0 Å². The highest BCUT2D eigenvalue weighted by atomic mass is 35.5. The fourth-order valence-electron chi connectivity index (χ4n) is 2.75. The molecule has 0 aliphatic carbocycles. The summed E-state index contributed by atoms with van der Waals surface area (Å²) in [5.41, 5.74) is 3.50. The van der Waals surface area contributed by atoms with Crippen molar-refractivity contribution in [3.05, 3.63) is 27.8 Å². The third-order valence-electron chi connectivity index (χ3n) is 3.91. The summed E-state index contributed by atoms with van der Waals surface area (Å²) in [6.45, 7) is 11.2. The van der Waals surface area contributed by atoms with Crippen molar-refractivity contribution in [1.29, 1.82) is 0 Å². The minimum absolute atomic E-state index is 0.392. The molecule has 1 saturated heterocycles. The molecule has 1 aliphatic heterocycles. The van der Waals surface area contributed by atoms with Crippen molar-refractivity contribution < 1.29 is 9.47 Å². The highest BCUT2D eigenvalue weighted by Crippen LogP contribution is 2.41. The van der Waals surface area contributed by atoms with Crippen LogP contribution in [0.5, 0.6) is 5.75 Å². The second-order valence-corrected chi connectivity index (χ2v) is 5.90. The molecule has 2 rings (SSSR count). The van der Waals surface area contributed by atoms with Crippen LogP contribution in [0.3, 0.4) is 0 Å². The summed E-state index contributed by atoms with van der Waals surface area (Å²) in [7, 11) is 0. The molecule has 1 aromatic rings. The number of benzene rings is 1. The van der Waals surface area contributed by atoms with Gasteiger partial charge in [0.1, 0.15) is 5.75 Å². The SMILES string of the molecule is CCOc1c(C)cc(Cl)c(C)c1C(C)CC1OC1C. The van der Waals surface area contributed by atoms with Gasteiger partial charge in [0.25, 0.3) is 0 Å². The molecule has 2 nitrogen and oxygen atoms in total. The molecule has 0 aromatic heterocycles. The molecule has 1 aliphatic rings. The molecule has 0 saturated carbocycles. The lowest BCUT2D eigenvalue weighted by Gasteiger charge is -2.21. The van der Waals surface area contributed by atoms with E-state index in [-0.39, 0.29) is 0 Å². The number of ether oxygens (including phenoxy) is 2. The Kier molecular flexibility index (Phi) is 4.42. The summed E-state index contributed by atoms with van der Waals surface area (Å²) in [4.78, 5) is 0. The van der Waals surface area contributed by atoms with E-state index in [1.807, 2.05) is 13.0 Å². The van der Waals surface area contributed by atoms with Crippen LogP contribution in [0, 0.1) is 13.8 Å². The number of aryl methyl sites for hydroxylation is 1. The maximum absolute atomic E-state index is 6.33. The summed E-state index contributed by atoms with van der Waals surface area (Å²) < 4.78 is 11.4. The van der Waals surface area contributed by atoms with Gasteiger partial charge in [0, 0.05) is 10.6 Å². The Morgan fingerprint density at radius 2 is 2.05 bits per heavy atom. The standard InChI is InChI=1S/C16H23ClO2/c1-6-18-16-10(3)7-13(17)11(4)15(16)9(2)8-14-12(5)19-14/h7,9,12,14H,6,8H2,1-5H3. The minimum Gasteiger partial charge on any atom is -0.493 e. The average molecular weight is 283 g/mol. The first-order chi connectivity index (χ1) is 8.95. The van der Waals surface area contributed by atoms with Crippen LogP contribution in [0.25, 0.3) is 0 Å². The average Bonchev–Trinajstić information content (AvgIpc) is 3.02. The Hall–Kier alpha value is -0.730. The molecular weight excluding hydrogens is 260 g/mol. The fraction of sp³-hybridized carbons (Fsp3) is 0.625. The van der Waals surface area contributed by atoms with Crippen molar-refractivity contribution in [1.82, 2.24) is 0 Å². The van der Waals surface area contributed by atoms with E-state index in [0.717, 1.165) is 28.3 Å². The van der Waals surface area contributed by atoms with E-state index in [4.69, 9.17) is 21.1 Å². The largest absolute Gasteiger partial charge is 0.493 e. The molecule has 0 N–H and O–H groups in total.